The van der Waals surface area contributed by atoms with Gasteiger partial charge < -0.3 is 14.5 Å². The fourth-order valence-electron chi connectivity index (χ4n) is 3.78. The molecule has 4 rings (SSSR count). The fraction of sp³-hybridized carbons (Fsp3) is 0.320. The summed E-state index contributed by atoms with van der Waals surface area (Å²) in [7, 11) is -1.57. The number of aromatic nitrogens is 2. The lowest BCUT2D eigenvalue weighted by Gasteiger charge is -2.21. The lowest BCUT2D eigenvalue weighted by molar-refractivity contribution is -0.155. The number of esters is 1. The first-order valence-corrected chi connectivity index (χ1v) is 12.4. The number of fused-ring (bicyclic) bond motifs is 3. The van der Waals surface area contributed by atoms with E-state index >= 15 is 0 Å². The van der Waals surface area contributed by atoms with Crippen molar-refractivity contribution in [2.75, 3.05) is 11.6 Å². The molecule has 0 aliphatic carbocycles. The molecule has 34 heavy (non-hydrogen) atoms. The summed E-state index contributed by atoms with van der Waals surface area (Å²) in [5, 5.41) is 5.20. The van der Waals surface area contributed by atoms with Gasteiger partial charge in [0.2, 0.25) is 5.16 Å². The zero-order valence-electron chi connectivity index (χ0n) is 19.7. The molecule has 2 aromatic heterocycles. The molecule has 0 aliphatic rings. The van der Waals surface area contributed by atoms with Gasteiger partial charge in [-0.2, -0.15) is 0 Å². The maximum absolute atomic E-state index is 13.2. The number of para-hydroxylation sites is 1. The van der Waals surface area contributed by atoms with E-state index in [1.54, 1.807) is 20.8 Å². The van der Waals surface area contributed by atoms with E-state index in [4.69, 9.17) is 9.15 Å². The number of carbonyl (C=O) groups is 1. The van der Waals surface area contributed by atoms with Crippen molar-refractivity contribution in [3.05, 3.63) is 64.6 Å². The van der Waals surface area contributed by atoms with Crippen LogP contribution in [0.2, 0.25) is 0 Å². The molecule has 0 saturated carbocycles. The second-order valence-electron chi connectivity index (χ2n) is 9.11. The van der Waals surface area contributed by atoms with Crippen LogP contribution in [0.3, 0.4) is 0 Å². The van der Waals surface area contributed by atoms with Crippen LogP contribution < -0.4 is 10.9 Å². The van der Waals surface area contributed by atoms with Gasteiger partial charge in [-0.15, -0.1) is 0 Å². The summed E-state index contributed by atoms with van der Waals surface area (Å²) >= 11 is 0. The predicted molar refractivity (Wildman–Crippen MR) is 132 cm³/mol. The van der Waals surface area contributed by atoms with E-state index < -0.39 is 27.9 Å². The van der Waals surface area contributed by atoms with Gasteiger partial charge in [0, 0.05) is 23.1 Å². The molecule has 2 atom stereocenters. The van der Waals surface area contributed by atoms with Gasteiger partial charge >= 0.3 is 5.97 Å². The third-order valence-corrected chi connectivity index (χ3v) is 6.09. The normalized spacial score (nSPS) is 13.7. The summed E-state index contributed by atoms with van der Waals surface area (Å²) in [6, 6.07) is 13.4. The highest BCUT2D eigenvalue weighted by Gasteiger charge is 2.21. The minimum absolute atomic E-state index is 0.0142. The van der Waals surface area contributed by atoms with Crippen LogP contribution in [0.25, 0.3) is 21.9 Å². The number of anilines is 1. The zero-order valence-corrected chi connectivity index (χ0v) is 20.6. The molecule has 2 heterocycles. The summed E-state index contributed by atoms with van der Waals surface area (Å²) in [6.07, 6.45) is 2.76. The summed E-state index contributed by atoms with van der Waals surface area (Å²) in [5.41, 5.74) is 1.54. The second-order valence-corrected chi connectivity index (χ2v) is 10.4. The predicted octanol–water partition coefficient (Wildman–Crippen LogP) is 4.39. The van der Waals surface area contributed by atoms with Crippen LogP contribution in [0.1, 0.15) is 39.3 Å². The quantitative estimate of drug-likeness (QED) is 0.322. The molecule has 178 valence electrons. The van der Waals surface area contributed by atoms with Gasteiger partial charge in [0.25, 0.3) is 5.56 Å². The number of benzene rings is 2. The van der Waals surface area contributed by atoms with Gasteiger partial charge in [0.05, 0.1) is 17.0 Å². The SMILES string of the molecule is C[C@@H](Nc1cnc(S(C)=O)n(CC(=O)OC(C)(C)C)c1=O)c1ccc2oc3ccccc3c2c1. The molecule has 0 spiro atoms. The van der Waals surface area contributed by atoms with Crippen LogP contribution >= 0.6 is 0 Å². The Labute approximate surface area is 199 Å². The maximum atomic E-state index is 13.2. The Morgan fingerprint density at radius 1 is 1.18 bits per heavy atom. The minimum Gasteiger partial charge on any atom is -0.459 e. The van der Waals surface area contributed by atoms with Crippen molar-refractivity contribution >= 4 is 44.4 Å². The average Bonchev–Trinajstić information content (AvgIpc) is 3.13. The number of nitrogens with one attached hydrogen (secondary N) is 1. The van der Waals surface area contributed by atoms with Crippen molar-refractivity contribution in [1.29, 1.82) is 0 Å². The van der Waals surface area contributed by atoms with Crippen LogP contribution in [0.15, 0.2) is 63.0 Å². The minimum atomic E-state index is -1.57. The Balaban J connectivity index is 1.65. The van der Waals surface area contributed by atoms with E-state index in [0.717, 1.165) is 32.1 Å². The Morgan fingerprint density at radius 3 is 2.59 bits per heavy atom. The van der Waals surface area contributed by atoms with Gasteiger partial charge in [-0.3, -0.25) is 18.4 Å². The van der Waals surface area contributed by atoms with Gasteiger partial charge in [-0.1, -0.05) is 24.3 Å². The van der Waals surface area contributed by atoms with Crippen LogP contribution in [-0.2, 0) is 26.9 Å². The lowest BCUT2D eigenvalue weighted by atomic mass is 10.0. The first-order chi connectivity index (χ1) is 16.0. The third-order valence-electron chi connectivity index (χ3n) is 5.25. The molecule has 0 bridgehead atoms. The van der Waals surface area contributed by atoms with Gasteiger partial charge in [0.15, 0.2) is 0 Å². The molecule has 2 aromatic carbocycles. The number of furan rings is 1. The average molecular weight is 482 g/mol. The van der Waals surface area contributed by atoms with Gasteiger partial charge in [-0.05, 0) is 51.5 Å². The molecule has 0 fully saturated rings. The molecule has 0 amide bonds. The lowest BCUT2D eigenvalue weighted by Crippen LogP contribution is -2.34. The number of ether oxygens (including phenoxy) is 1. The summed E-state index contributed by atoms with van der Waals surface area (Å²) < 4.78 is 24.5. The van der Waals surface area contributed by atoms with E-state index in [9.17, 15) is 13.8 Å². The van der Waals surface area contributed by atoms with E-state index in [2.05, 4.69) is 10.3 Å². The Kier molecular flexibility index (Phi) is 6.31. The highest BCUT2D eigenvalue weighted by atomic mass is 32.2. The Bertz CT molecular complexity index is 1470. The second kappa shape index (κ2) is 9.06. The Hall–Kier alpha value is -3.46. The largest absolute Gasteiger partial charge is 0.459 e. The third kappa shape index (κ3) is 4.89. The van der Waals surface area contributed by atoms with E-state index in [1.165, 1.54) is 12.5 Å². The first kappa shape index (κ1) is 23.7. The van der Waals surface area contributed by atoms with E-state index in [1.807, 2.05) is 49.4 Å². The summed E-state index contributed by atoms with van der Waals surface area (Å²) in [4.78, 5) is 29.8. The van der Waals surface area contributed by atoms with Crippen molar-refractivity contribution < 1.29 is 18.2 Å². The van der Waals surface area contributed by atoms with Crippen molar-refractivity contribution in [3.8, 4) is 0 Å². The van der Waals surface area contributed by atoms with Crippen molar-refractivity contribution in [2.45, 2.75) is 51.0 Å². The Morgan fingerprint density at radius 2 is 1.88 bits per heavy atom. The van der Waals surface area contributed by atoms with Crippen molar-refractivity contribution in [3.63, 3.8) is 0 Å². The molecule has 9 heteroatoms. The molecular formula is C25H27N3O5S. The summed E-state index contributed by atoms with van der Waals surface area (Å²) in [5.74, 6) is -0.606. The smallest absolute Gasteiger partial charge is 0.326 e. The monoisotopic (exact) mass is 481 g/mol. The van der Waals surface area contributed by atoms with Gasteiger partial charge in [0.1, 0.15) is 29.0 Å². The molecule has 0 radical (unpaired) electrons. The van der Waals surface area contributed by atoms with Crippen LogP contribution in [0.5, 0.6) is 0 Å². The van der Waals surface area contributed by atoms with E-state index in [0.29, 0.717) is 0 Å². The standard InChI is InChI=1S/C25H27N3O5S/c1-15(16-10-11-21-18(12-16)17-8-6-7-9-20(17)32-21)27-19-13-26-24(34(5)31)28(23(19)30)14-22(29)33-25(2,3)4/h6-13,15,27H,14H2,1-5H3/t15-,34?/m1/s1. The zero-order chi connectivity index (χ0) is 24.6. The van der Waals surface area contributed by atoms with Crippen LogP contribution in [0, 0.1) is 0 Å². The van der Waals surface area contributed by atoms with Gasteiger partial charge in [-0.25, -0.2) is 4.98 Å². The number of hydrogen-bond acceptors (Lipinski definition) is 7. The van der Waals surface area contributed by atoms with Crippen molar-refractivity contribution in [1.82, 2.24) is 9.55 Å². The van der Waals surface area contributed by atoms with Crippen LogP contribution in [0.4, 0.5) is 5.69 Å². The molecule has 0 saturated heterocycles. The van der Waals surface area contributed by atoms with Crippen molar-refractivity contribution in [2.24, 2.45) is 0 Å². The number of rotatable bonds is 6. The summed E-state index contributed by atoms with van der Waals surface area (Å²) in [6.45, 7) is 6.77. The first-order valence-electron chi connectivity index (χ1n) is 10.9. The molecule has 0 aliphatic heterocycles. The fourth-order valence-corrected chi connectivity index (χ4v) is 4.44. The maximum Gasteiger partial charge on any atom is 0.326 e. The molecule has 1 unspecified atom stereocenters. The highest BCUT2D eigenvalue weighted by Crippen LogP contribution is 2.31. The molecule has 1 N–H and O–H groups in total. The topological polar surface area (TPSA) is 103 Å². The molecule has 4 aromatic rings. The number of carbonyl (C=O) groups excluding carboxylic acids is 1. The molecule has 8 nitrogen and oxygen atoms in total. The van der Waals surface area contributed by atoms with Crippen LogP contribution in [-0.4, -0.2) is 31.6 Å². The number of hydrogen-bond donors (Lipinski definition) is 1. The van der Waals surface area contributed by atoms with E-state index in [-0.39, 0.29) is 23.4 Å². The number of nitrogens with zero attached hydrogens (tertiary/aromatic N) is 2. The highest BCUT2D eigenvalue weighted by molar-refractivity contribution is 7.84. The molecular weight excluding hydrogens is 454 g/mol.